The van der Waals surface area contributed by atoms with E-state index in [1.54, 1.807) is 23.1 Å². The van der Waals surface area contributed by atoms with Gasteiger partial charge in [-0.2, -0.15) is 5.10 Å². The maximum Gasteiger partial charge on any atom is 0.311 e. The Balaban J connectivity index is 1.72. The van der Waals surface area contributed by atoms with Gasteiger partial charge < -0.3 is 15.2 Å². The Bertz CT molecular complexity index is 739. The summed E-state index contributed by atoms with van der Waals surface area (Å²) < 4.78 is 6.88. The number of rotatable bonds is 6. The monoisotopic (exact) mass is 344 g/mol. The molecule has 0 atom stereocenters. The number of amides is 1. The van der Waals surface area contributed by atoms with Gasteiger partial charge in [0.1, 0.15) is 12.7 Å². The van der Waals surface area contributed by atoms with Gasteiger partial charge in [0.2, 0.25) is 0 Å². The molecule has 2 heterocycles. The van der Waals surface area contributed by atoms with Crippen molar-refractivity contribution < 1.29 is 19.4 Å². The first-order valence-electron chi connectivity index (χ1n) is 8.10. The van der Waals surface area contributed by atoms with Crippen molar-refractivity contribution in [2.24, 2.45) is 5.41 Å². The number of carbonyl (C=O) groups excluding carboxylic acids is 1. The first kappa shape index (κ1) is 17.1. The molecule has 25 heavy (non-hydrogen) atoms. The van der Waals surface area contributed by atoms with Crippen LogP contribution in [0, 0.1) is 5.41 Å². The van der Waals surface area contributed by atoms with Crippen LogP contribution in [0.25, 0.3) is 0 Å². The molecule has 0 saturated carbocycles. The van der Waals surface area contributed by atoms with Gasteiger partial charge in [0, 0.05) is 25.3 Å². The third kappa shape index (κ3) is 3.85. The summed E-state index contributed by atoms with van der Waals surface area (Å²) in [6, 6.07) is 7.19. The lowest BCUT2D eigenvalue weighted by atomic mass is 9.80. The molecule has 1 saturated heterocycles. The van der Waals surface area contributed by atoms with Crippen LogP contribution in [0.5, 0.6) is 0 Å². The highest BCUT2D eigenvalue weighted by Crippen LogP contribution is 2.30. The van der Waals surface area contributed by atoms with Crippen LogP contribution >= 0.6 is 0 Å². The largest absolute Gasteiger partial charge is 0.481 e. The van der Waals surface area contributed by atoms with Crippen LogP contribution in [0.4, 0.5) is 0 Å². The number of aromatic nitrogens is 3. The maximum absolute atomic E-state index is 12.6. The number of nitrogens with zero attached hydrogens (tertiary/aromatic N) is 3. The van der Waals surface area contributed by atoms with Crippen LogP contribution < -0.4 is 5.32 Å². The fourth-order valence-electron chi connectivity index (χ4n) is 2.94. The summed E-state index contributed by atoms with van der Waals surface area (Å²) in [5.74, 6) is -1.19. The van der Waals surface area contributed by atoms with Crippen LogP contribution in [0.3, 0.4) is 0 Å². The predicted octanol–water partition coefficient (Wildman–Crippen LogP) is 0.938. The molecule has 0 bridgehead atoms. The average molecular weight is 344 g/mol. The number of nitrogens with one attached hydrogen (secondary N) is 1. The molecule has 1 aliphatic rings. The van der Waals surface area contributed by atoms with Crippen LogP contribution in [0.15, 0.2) is 36.9 Å². The third-order valence-corrected chi connectivity index (χ3v) is 4.55. The summed E-state index contributed by atoms with van der Waals surface area (Å²) in [5.41, 5.74) is 0.335. The number of carbonyl (C=O) groups is 2. The van der Waals surface area contributed by atoms with Gasteiger partial charge in [-0.3, -0.25) is 9.59 Å². The quantitative estimate of drug-likeness (QED) is 0.808. The van der Waals surface area contributed by atoms with Gasteiger partial charge in [0.05, 0.1) is 12.0 Å². The minimum atomic E-state index is -0.964. The van der Waals surface area contributed by atoms with Crippen LogP contribution in [0.1, 0.15) is 28.8 Å². The smallest absolute Gasteiger partial charge is 0.311 e. The molecule has 0 unspecified atom stereocenters. The SMILES string of the molecule is O=C(NCC1(C(=O)O)CCOCC1)c1ccccc1Cn1cncn1. The maximum atomic E-state index is 12.6. The lowest BCUT2D eigenvalue weighted by Gasteiger charge is -2.33. The van der Waals surface area contributed by atoms with Gasteiger partial charge in [0.25, 0.3) is 5.91 Å². The van der Waals surface area contributed by atoms with E-state index in [-0.39, 0.29) is 12.5 Å². The number of carboxylic acids is 1. The van der Waals surface area contributed by atoms with Gasteiger partial charge >= 0.3 is 5.97 Å². The second-order valence-corrected chi connectivity index (χ2v) is 6.13. The van der Waals surface area contributed by atoms with Crippen molar-refractivity contribution in [2.45, 2.75) is 19.4 Å². The van der Waals surface area contributed by atoms with E-state index in [1.165, 1.54) is 6.33 Å². The van der Waals surface area contributed by atoms with E-state index in [0.29, 0.717) is 38.2 Å². The summed E-state index contributed by atoms with van der Waals surface area (Å²) in [6.07, 6.45) is 3.80. The van der Waals surface area contributed by atoms with E-state index in [9.17, 15) is 14.7 Å². The molecule has 1 aliphatic heterocycles. The highest BCUT2D eigenvalue weighted by atomic mass is 16.5. The first-order chi connectivity index (χ1) is 12.1. The number of aliphatic carboxylic acids is 1. The van der Waals surface area contributed by atoms with Crippen molar-refractivity contribution >= 4 is 11.9 Å². The average Bonchev–Trinajstić information content (AvgIpc) is 3.14. The van der Waals surface area contributed by atoms with Crippen LogP contribution in [-0.4, -0.2) is 51.5 Å². The highest BCUT2D eigenvalue weighted by molar-refractivity contribution is 5.96. The molecule has 8 heteroatoms. The van der Waals surface area contributed by atoms with Crippen molar-refractivity contribution in [1.82, 2.24) is 20.1 Å². The molecule has 2 N–H and O–H groups in total. The van der Waals surface area contributed by atoms with E-state index in [1.807, 2.05) is 12.1 Å². The van der Waals surface area contributed by atoms with Crippen molar-refractivity contribution in [3.05, 3.63) is 48.0 Å². The van der Waals surface area contributed by atoms with Gasteiger partial charge in [-0.15, -0.1) is 0 Å². The Hall–Kier alpha value is -2.74. The molecule has 0 radical (unpaired) electrons. The molecular weight excluding hydrogens is 324 g/mol. The van der Waals surface area contributed by atoms with Crippen LogP contribution in [-0.2, 0) is 16.1 Å². The third-order valence-electron chi connectivity index (χ3n) is 4.55. The van der Waals surface area contributed by atoms with E-state index in [0.717, 1.165) is 5.56 Å². The zero-order valence-electron chi connectivity index (χ0n) is 13.7. The number of ether oxygens (including phenoxy) is 1. The van der Waals surface area contributed by atoms with Crippen molar-refractivity contribution in [3.63, 3.8) is 0 Å². The molecule has 2 aromatic rings. The Labute approximate surface area is 144 Å². The zero-order chi connectivity index (χ0) is 17.7. The molecule has 1 aromatic carbocycles. The van der Waals surface area contributed by atoms with Gasteiger partial charge in [-0.1, -0.05) is 18.2 Å². The summed E-state index contributed by atoms with van der Waals surface area (Å²) in [6.45, 7) is 1.29. The van der Waals surface area contributed by atoms with E-state index in [4.69, 9.17) is 4.74 Å². The fraction of sp³-hybridized carbons (Fsp3) is 0.412. The summed E-state index contributed by atoms with van der Waals surface area (Å²) in [7, 11) is 0. The second kappa shape index (κ2) is 7.43. The van der Waals surface area contributed by atoms with Gasteiger partial charge in [-0.05, 0) is 24.5 Å². The number of carboxylic acid groups (broad SMARTS) is 1. The summed E-state index contributed by atoms with van der Waals surface area (Å²) >= 11 is 0. The zero-order valence-corrected chi connectivity index (χ0v) is 13.7. The summed E-state index contributed by atoms with van der Waals surface area (Å²) in [4.78, 5) is 28.2. The molecule has 3 rings (SSSR count). The second-order valence-electron chi connectivity index (χ2n) is 6.13. The Morgan fingerprint density at radius 3 is 2.72 bits per heavy atom. The molecule has 0 aliphatic carbocycles. The molecule has 1 amide bonds. The van der Waals surface area contributed by atoms with Gasteiger partial charge in [0.15, 0.2) is 0 Å². The van der Waals surface area contributed by atoms with E-state index < -0.39 is 11.4 Å². The number of hydrogen-bond donors (Lipinski definition) is 2. The number of benzene rings is 1. The molecule has 1 aromatic heterocycles. The minimum absolute atomic E-state index is 0.0855. The normalized spacial score (nSPS) is 16.3. The Kier molecular flexibility index (Phi) is 5.08. The minimum Gasteiger partial charge on any atom is -0.481 e. The molecule has 8 nitrogen and oxygen atoms in total. The number of hydrogen-bond acceptors (Lipinski definition) is 5. The Morgan fingerprint density at radius 1 is 1.28 bits per heavy atom. The highest BCUT2D eigenvalue weighted by Gasteiger charge is 2.40. The first-order valence-corrected chi connectivity index (χ1v) is 8.10. The van der Waals surface area contributed by atoms with Crippen molar-refractivity contribution in [3.8, 4) is 0 Å². The van der Waals surface area contributed by atoms with Gasteiger partial charge in [-0.25, -0.2) is 9.67 Å². The molecule has 1 fully saturated rings. The van der Waals surface area contributed by atoms with E-state index in [2.05, 4.69) is 15.4 Å². The van der Waals surface area contributed by atoms with Crippen LogP contribution in [0.2, 0.25) is 0 Å². The van der Waals surface area contributed by atoms with Crippen molar-refractivity contribution in [2.75, 3.05) is 19.8 Å². The predicted molar refractivity (Wildman–Crippen MR) is 88.0 cm³/mol. The lowest BCUT2D eigenvalue weighted by molar-refractivity contribution is -0.154. The molecule has 132 valence electrons. The van der Waals surface area contributed by atoms with Crippen molar-refractivity contribution in [1.29, 1.82) is 0 Å². The topological polar surface area (TPSA) is 106 Å². The Morgan fingerprint density at radius 2 is 2.04 bits per heavy atom. The molecule has 0 spiro atoms. The van der Waals surface area contributed by atoms with E-state index >= 15 is 0 Å². The molecular formula is C17H20N4O4. The fourth-order valence-corrected chi connectivity index (χ4v) is 2.94. The summed E-state index contributed by atoms with van der Waals surface area (Å²) in [5, 5.41) is 16.4. The standard InChI is InChI=1S/C17H20N4O4/c22-15(19-10-17(16(23)24)5-7-25-8-6-17)14-4-2-1-3-13(14)9-21-12-18-11-20-21/h1-4,11-12H,5-10H2,(H,19,22)(H,23,24). The lowest BCUT2D eigenvalue weighted by Crippen LogP contribution is -2.46.